The van der Waals surface area contributed by atoms with Crippen molar-refractivity contribution in [1.82, 2.24) is 15.1 Å². The molecule has 2 aromatic rings. The first-order chi connectivity index (χ1) is 10.0. The number of hydrogen-bond donors (Lipinski definition) is 1. The zero-order valence-electron chi connectivity index (χ0n) is 11.4. The van der Waals surface area contributed by atoms with Crippen molar-refractivity contribution >= 4 is 11.3 Å². The summed E-state index contributed by atoms with van der Waals surface area (Å²) in [7, 11) is 0. The lowest BCUT2D eigenvalue weighted by Crippen LogP contribution is -2.23. The lowest BCUT2D eigenvalue weighted by Gasteiger charge is -2.23. The molecule has 114 valence electrons. The monoisotopic (exact) mass is 315 g/mol. The Bertz CT molecular complexity index is 603. The molecule has 0 radical (unpaired) electrons. The Kier molecular flexibility index (Phi) is 4.03. The number of rotatable bonds is 4. The molecule has 1 N–H and O–H groups in total. The third-order valence-corrected chi connectivity index (χ3v) is 4.63. The van der Waals surface area contributed by atoms with Gasteiger partial charge in [0, 0.05) is 29.2 Å². The standard InChI is InChI=1S/C14H16F3N3S/c15-14(16,17)9-20-8-10(7-19-20)6-18-12-2-1-3-13-11(12)4-5-21-13/h4-5,7-8,12,18H,1-3,6,9H2. The number of aryl methyl sites for hydroxylation is 1. The first kappa shape index (κ1) is 14.6. The van der Waals surface area contributed by atoms with Crippen LogP contribution in [0.4, 0.5) is 13.2 Å². The molecule has 21 heavy (non-hydrogen) atoms. The number of thiophene rings is 1. The molecule has 1 aliphatic carbocycles. The molecule has 0 aliphatic heterocycles. The number of nitrogens with one attached hydrogen (secondary N) is 1. The highest BCUT2D eigenvalue weighted by molar-refractivity contribution is 7.10. The van der Waals surface area contributed by atoms with Gasteiger partial charge in [-0.25, -0.2) is 0 Å². The fraction of sp³-hybridized carbons (Fsp3) is 0.500. The summed E-state index contributed by atoms with van der Waals surface area (Å²) in [6.07, 6.45) is 2.08. The van der Waals surface area contributed by atoms with Gasteiger partial charge in [0.15, 0.2) is 0 Å². The molecular formula is C14H16F3N3S. The Morgan fingerprint density at radius 1 is 1.43 bits per heavy atom. The number of aromatic nitrogens is 2. The fourth-order valence-corrected chi connectivity index (χ4v) is 3.69. The Morgan fingerprint density at radius 2 is 2.29 bits per heavy atom. The van der Waals surface area contributed by atoms with E-state index >= 15 is 0 Å². The molecule has 1 aliphatic rings. The Labute approximate surface area is 124 Å². The first-order valence-electron chi connectivity index (χ1n) is 6.89. The average Bonchev–Trinajstić information content (AvgIpc) is 3.03. The van der Waals surface area contributed by atoms with E-state index in [1.54, 1.807) is 11.3 Å². The van der Waals surface area contributed by atoms with Gasteiger partial charge in [-0.3, -0.25) is 4.68 Å². The minimum atomic E-state index is -4.23. The van der Waals surface area contributed by atoms with Gasteiger partial charge in [-0.1, -0.05) is 0 Å². The molecule has 0 spiro atoms. The van der Waals surface area contributed by atoms with Gasteiger partial charge in [-0.15, -0.1) is 11.3 Å². The SMILES string of the molecule is FC(F)(F)Cn1cc(CNC2CCCc3sccc32)cn1. The summed E-state index contributed by atoms with van der Waals surface area (Å²) in [5, 5.41) is 9.29. The van der Waals surface area contributed by atoms with Crippen LogP contribution in [0.25, 0.3) is 0 Å². The normalized spacial score (nSPS) is 18.7. The molecule has 2 aromatic heterocycles. The zero-order chi connectivity index (χ0) is 14.9. The number of halogens is 3. The minimum absolute atomic E-state index is 0.297. The Hall–Kier alpha value is -1.34. The first-order valence-corrected chi connectivity index (χ1v) is 7.77. The smallest absolute Gasteiger partial charge is 0.306 e. The molecule has 2 heterocycles. The second-order valence-electron chi connectivity index (χ2n) is 5.29. The fourth-order valence-electron chi connectivity index (χ4n) is 2.71. The Balaban J connectivity index is 1.59. The maximum atomic E-state index is 12.3. The van der Waals surface area contributed by atoms with Crippen LogP contribution in [0.15, 0.2) is 23.8 Å². The third kappa shape index (κ3) is 3.65. The van der Waals surface area contributed by atoms with Crippen LogP contribution >= 0.6 is 11.3 Å². The van der Waals surface area contributed by atoms with Gasteiger partial charge in [-0.05, 0) is 36.3 Å². The highest BCUT2D eigenvalue weighted by atomic mass is 32.1. The molecule has 0 amide bonds. The average molecular weight is 315 g/mol. The van der Waals surface area contributed by atoms with Gasteiger partial charge in [-0.2, -0.15) is 18.3 Å². The second-order valence-corrected chi connectivity index (χ2v) is 6.29. The largest absolute Gasteiger partial charge is 0.408 e. The summed E-state index contributed by atoms with van der Waals surface area (Å²) in [5.74, 6) is 0. The molecule has 0 bridgehead atoms. The van der Waals surface area contributed by atoms with E-state index in [0.717, 1.165) is 29.5 Å². The summed E-state index contributed by atoms with van der Waals surface area (Å²) >= 11 is 1.78. The predicted molar refractivity (Wildman–Crippen MR) is 75.1 cm³/mol. The van der Waals surface area contributed by atoms with Crippen LogP contribution in [-0.2, 0) is 19.5 Å². The number of fused-ring (bicyclic) bond motifs is 1. The van der Waals surface area contributed by atoms with Gasteiger partial charge in [0.1, 0.15) is 6.54 Å². The van der Waals surface area contributed by atoms with Gasteiger partial charge in [0.2, 0.25) is 0 Å². The molecule has 0 aromatic carbocycles. The predicted octanol–water partition coefficient (Wildman–Crippen LogP) is 3.67. The van der Waals surface area contributed by atoms with Crippen LogP contribution in [0.3, 0.4) is 0 Å². The maximum Gasteiger partial charge on any atom is 0.408 e. The maximum absolute atomic E-state index is 12.3. The van der Waals surface area contributed by atoms with E-state index in [1.165, 1.54) is 22.8 Å². The molecule has 0 saturated carbocycles. The number of alkyl halides is 3. The summed E-state index contributed by atoms with van der Waals surface area (Å²) in [4.78, 5) is 1.42. The lowest BCUT2D eigenvalue weighted by atomic mass is 9.94. The van der Waals surface area contributed by atoms with E-state index in [1.807, 2.05) is 0 Å². The van der Waals surface area contributed by atoms with Crippen LogP contribution in [0.5, 0.6) is 0 Å². The summed E-state index contributed by atoms with van der Waals surface area (Å²) in [6.45, 7) is -0.497. The van der Waals surface area contributed by atoms with Crippen molar-refractivity contribution in [3.63, 3.8) is 0 Å². The topological polar surface area (TPSA) is 29.9 Å². The van der Waals surface area contributed by atoms with E-state index in [0.29, 0.717) is 12.6 Å². The molecule has 3 nitrogen and oxygen atoms in total. The lowest BCUT2D eigenvalue weighted by molar-refractivity contribution is -0.142. The molecular weight excluding hydrogens is 299 g/mol. The van der Waals surface area contributed by atoms with Crippen molar-refractivity contribution in [2.45, 2.75) is 44.6 Å². The third-order valence-electron chi connectivity index (χ3n) is 3.63. The van der Waals surface area contributed by atoms with Crippen molar-refractivity contribution in [3.05, 3.63) is 39.8 Å². The molecule has 1 atom stereocenters. The van der Waals surface area contributed by atoms with E-state index in [4.69, 9.17) is 0 Å². The van der Waals surface area contributed by atoms with E-state index in [-0.39, 0.29) is 0 Å². The van der Waals surface area contributed by atoms with Crippen LogP contribution in [0.2, 0.25) is 0 Å². The van der Waals surface area contributed by atoms with E-state index in [2.05, 4.69) is 21.9 Å². The molecule has 1 unspecified atom stereocenters. The van der Waals surface area contributed by atoms with E-state index in [9.17, 15) is 13.2 Å². The Morgan fingerprint density at radius 3 is 3.10 bits per heavy atom. The van der Waals surface area contributed by atoms with E-state index < -0.39 is 12.7 Å². The van der Waals surface area contributed by atoms with Crippen molar-refractivity contribution in [1.29, 1.82) is 0 Å². The van der Waals surface area contributed by atoms with Crippen LogP contribution < -0.4 is 5.32 Å². The van der Waals surface area contributed by atoms with Crippen LogP contribution in [0, 0.1) is 0 Å². The number of nitrogens with zero attached hydrogens (tertiary/aromatic N) is 2. The summed E-state index contributed by atoms with van der Waals surface area (Å²) in [5.41, 5.74) is 2.12. The van der Waals surface area contributed by atoms with Crippen molar-refractivity contribution in [2.75, 3.05) is 0 Å². The van der Waals surface area contributed by atoms with Crippen molar-refractivity contribution in [3.8, 4) is 0 Å². The molecule has 0 fully saturated rings. The zero-order valence-corrected chi connectivity index (χ0v) is 12.2. The molecule has 3 rings (SSSR count). The highest BCUT2D eigenvalue weighted by Gasteiger charge is 2.28. The second kappa shape index (κ2) is 5.81. The van der Waals surface area contributed by atoms with Crippen molar-refractivity contribution < 1.29 is 13.2 Å². The highest BCUT2D eigenvalue weighted by Crippen LogP contribution is 2.33. The van der Waals surface area contributed by atoms with Crippen LogP contribution in [-0.4, -0.2) is 16.0 Å². The van der Waals surface area contributed by atoms with Gasteiger partial charge in [0.25, 0.3) is 0 Å². The molecule has 0 saturated heterocycles. The van der Waals surface area contributed by atoms with Gasteiger partial charge in [0.05, 0.1) is 6.20 Å². The van der Waals surface area contributed by atoms with Crippen LogP contribution in [0.1, 0.15) is 34.9 Å². The van der Waals surface area contributed by atoms with Crippen molar-refractivity contribution in [2.24, 2.45) is 0 Å². The van der Waals surface area contributed by atoms with Gasteiger partial charge >= 0.3 is 6.18 Å². The summed E-state index contributed by atoms with van der Waals surface area (Å²) in [6, 6.07) is 2.44. The van der Waals surface area contributed by atoms with Gasteiger partial charge < -0.3 is 5.32 Å². The quantitative estimate of drug-likeness (QED) is 0.933. The minimum Gasteiger partial charge on any atom is -0.306 e. The number of hydrogen-bond acceptors (Lipinski definition) is 3. The summed E-state index contributed by atoms with van der Waals surface area (Å²) < 4.78 is 37.8. The molecule has 7 heteroatoms.